The van der Waals surface area contributed by atoms with Crippen LogP contribution in [-0.2, 0) is 0 Å². The van der Waals surface area contributed by atoms with Crippen molar-refractivity contribution in [2.75, 3.05) is 6.61 Å². The molecule has 12 heavy (non-hydrogen) atoms. The molecule has 0 N–H and O–H groups in total. The number of benzene rings is 1. The van der Waals surface area contributed by atoms with E-state index in [1.165, 1.54) is 0 Å². The molecule has 1 aromatic carbocycles. The Morgan fingerprint density at radius 1 is 1.33 bits per heavy atom. The van der Waals surface area contributed by atoms with E-state index in [2.05, 4.69) is 0 Å². The van der Waals surface area contributed by atoms with Crippen molar-refractivity contribution in [1.82, 2.24) is 0 Å². The maximum atomic E-state index is 5.87. The first-order valence-corrected chi connectivity index (χ1v) is 7.82. The van der Waals surface area contributed by atoms with E-state index in [-0.39, 0.29) is 0 Å². The smallest absolute Gasteiger partial charge is 0.270 e. The minimum atomic E-state index is -1.78. The SMILES string of the molecule is CCOc1ccccc1[SiH](Cl)Cl. The summed E-state index contributed by atoms with van der Waals surface area (Å²) in [6.45, 7) is 2.59. The van der Waals surface area contributed by atoms with E-state index in [4.69, 9.17) is 26.9 Å². The summed E-state index contributed by atoms with van der Waals surface area (Å²) in [7, 11) is -1.78. The van der Waals surface area contributed by atoms with Gasteiger partial charge in [-0.05, 0) is 13.0 Å². The molecule has 1 rings (SSSR count). The van der Waals surface area contributed by atoms with Crippen LogP contribution in [0.15, 0.2) is 24.3 Å². The van der Waals surface area contributed by atoms with Crippen molar-refractivity contribution in [2.45, 2.75) is 6.92 Å². The van der Waals surface area contributed by atoms with Gasteiger partial charge in [-0.3, -0.25) is 0 Å². The zero-order valence-corrected chi connectivity index (χ0v) is 9.42. The normalized spacial score (nSPS) is 10.3. The third kappa shape index (κ3) is 2.40. The highest BCUT2D eigenvalue weighted by Gasteiger charge is 2.11. The molecule has 1 aromatic rings. The second kappa shape index (κ2) is 4.75. The topological polar surface area (TPSA) is 9.23 Å². The Hall–Kier alpha value is -0.183. The standard InChI is InChI=1S/C8H10Cl2OSi/c1-2-11-7-5-3-4-6-8(7)12(9)10/h3-6,12H,2H2,1H3. The third-order valence-electron chi connectivity index (χ3n) is 1.45. The van der Waals surface area contributed by atoms with E-state index < -0.39 is 7.42 Å². The van der Waals surface area contributed by atoms with Crippen molar-refractivity contribution in [3.63, 3.8) is 0 Å². The van der Waals surface area contributed by atoms with Crippen molar-refractivity contribution in [1.29, 1.82) is 0 Å². The van der Waals surface area contributed by atoms with Crippen molar-refractivity contribution < 1.29 is 4.74 Å². The van der Waals surface area contributed by atoms with Gasteiger partial charge >= 0.3 is 0 Å². The first-order valence-electron chi connectivity index (χ1n) is 3.75. The quantitative estimate of drug-likeness (QED) is 0.560. The Morgan fingerprint density at radius 3 is 2.58 bits per heavy atom. The Kier molecular flexibility index (Phi) is 3.92. The molecule has 0 aliphatic rings. The molecule has 0 bridgehead atoms. The Bertz CT molecular complexity index is 253. The fraction of sp³-hybridized carbons (Fsp3) is 0.250. The van der Waals surface area contributed by atoms with E-state index >= 15 is 0 Å². The molecule has 0 aliphatic heterocycles. The number of para-hydroxylation sites is 1. The number of hydrogen-bond donors (Lipinski definition) is 0. The molecular weight excluding hydrogens is 211 g/mol. The van der Waals surface area contributed by atoms with Gasteiger partial charge < -0.3 is 4.74 Å². The maximum Gasteiger partial charge on any atom is 0.270 e. The summed E-state index contributed by atoms with van der Waals surface area (Å²) >= 11 is 11.7. The summed E-state index contributed by atoms with van der Waals surface area (Å²) in [5.74, 6) is 0.821. The Labute approximate surface area is 83.3 Å². The van der Waals surface area contributed by atoms with Gasteiger partial charge in [-0.1, -0.05) is 18.2 Å². The average molecular weight is 221 g/mol. The van der Waals surface area contributed by atoms with Gasteiger partial charge in [0.15, 0.2) is 0 Å². The first-order chi connectivity index (χ1) is 5.75. The van der Waals surface area contributed by atoms with Crippen LogP contribution >= 0.6 is 22.2 Å². The van der Waals surface area contributed by atoms with Gasteiger partial charge in [-0.15, -0.1) is 22.2 Å². The van der Waals surface area contributed by atoms with Gasteiger partial charge in [0.25, 0.3) is 7.42 Å². The lowest BCUT2D eigenvalue weighted by Gasteiger charge is -2.08. The summed E-state index contributed by atoms with van der Waals surface area (Å²) in [5.41, 5.74) is 0. The van der Waals surface area contributed by atoms with E-state index in [0.29, 0.717) is 6.61 Å². The van der Waals surface area contributed by atoms with E-state index in [1.54, 1.807) is 0 Å². The highest BCUT2D eigenvalue weighted by Crippen LogP contribution is 2.11. The largest absolute Gasteiger partial charge is 0.494 e. The third-order valence-corrected chi connectivity index (χ3v) is 3.81. The van der Waals surface area contributed by atoms with Gasteiger partial charge in [-0.2, -0.15) is 0 Å². The van der Waals surface area contributed by atoms with Crippen LogP contribution < -0.4 is 9.92 Å². The van der Waals surface area contributed by atoms with Crippen LogP contribution in [-0.4, -0.2) is 14.0 Å². The lowest BCUT2D eigenvalue weighted by Crippen LogP contribution is -2.20. The van der Waals surface area contributed by atoms with Crippen molar-refractivity contribution >= 4 is 34.8 Å². The minimum absolute atomic E-state index is 0.645. The molecule has 0 saturated carbocycles. The molecule has 0 atom stereocenters. The summed E-state index contributed by atoms with van der Waals surface area (Å²) in [5, 5.41) is 0.961. The van der Waals surface area contributed by atoms with Gasteiger partial charge in [0, 0.05) is 5.19 Å². The molecule has 0 unspecified atom stereocenters. The predicted molar refractivity (Wildman–Crippen MR) is 56.1 cm³/mol. The van der Waals surface area contributed by atoms with Crippen LogP contribution in [0, 0.1) is 0 Å². The van der Waals surface area contributed by atoms with Crippen LogP contribution in [0.2, 0.25) is 0 Å². The van der Waals surface area contributed by atoms with E-state index in [1.807, 2.05) is 31.2 Å². The van der Waals surface area contributed by atoms with E-state index in [9.17, 15) is 0 Å². The number of halogens is 2. The first kappa shape index (κ1) is 9.90. The second-order valence-electron chi connectivity index (χ2n) is 2.27. The molecule has 0 heterocycles. The van der Waals surface area contributed by atoms with Crippen molar-refractivity contribution in [2.24, 2.45) is 0 Å². The fourth-order valence-corrected chi connectivity index (χ4v) is 2.68. The van der Waals surface area contributed by atoms with Gasteiger partial charge in [-0.25, -0.2) is 0 Å². The average Bonchev–Trinajstić information content (AvgIpc) is 2.05. The summed E-state index contributed by atoms with van der Waals surface area (Å²) < 4.78 is 5.36. The molecular formula is C8H10Cl2OSi. The molecule has 0 saturated heterocycles. The predicted octanol–water partition coefficient (Wildman–Crippen LogP) is 1.99. The summed E-state index contributed by atoms with van der Waals surface area (Å²) in [4.78, 5) is 0. The zero-order valence-electron chi connectivity index (χ0n) is 6.76. The molecule has 0 fully saturated rings. The minimum Gasteiger partial charge on any atom is -0.494 e. The molecule has 0 aromatic heterocycles. The summed E-state index contributed by atoms with van der Waals surface area (Å²) in [6.07, 6.45) is 0. The molecule has 4 heteroatoms. The molecule has 66 valence electrons. The van der Waals surface area contributed by atoms with Crippen molar-refractivity contribution in [3.05, 3.63) is 24.3 Å². The molecule has 0 spiro atoms. The van der Waals surface area contributed by atoms with Crippen molar-refractivity contribution in [3.8, 4) is 5.75 Å². The van der Waals surface area contributed by atoms with Crippen LogP contribution in [0.4, 0.5) is 0 Å². The Morgan fingerprint density at radius 2 is 2.00 bits per heavy atom. The number of rotatable bonds is 3. The molecule has 0 aliphatic carbocycles. The van der Waals surface area contributed by atoms with Crippen LogP contribution in [0.5, 0.6) is 5.75 Å². The lowest BCUT2D eigenvalue weighted by molar-refractivity contribution is 0.343. The molecule has 0 radical (unpaired) electrons. The monoisotopic (exact) mass is 220 g/mol. The summed E-state index contributed by atoms with van der Waals surface area (Å²) in [6, 6.07) is 7.65. The second-order valence-corrected chi connectivity index (χ2v) is 6.78. The number of hydrogen-bond acceptors (Lipinski definition) is 1. The molecule has 1 nitrogen and oxygen atoms in total. The number of ether oxygens (including phenoxy) is 1. The highest BCUT2D eigenvalue weighted by molar-refractivity contribution is 7.39. The van der Waals surface area contributed by atoms with Gasteiger partial charge in [0.2, 0.25) is 0 Å². The molecule has 0 amide bonds. The van der Waals surface area contributed by atoms with Crippen LogP contribution in [0.3, 0.4) is 0 Å². The Balaban J connectivity index is 2.92. The van der Waals surface area contributed by atoms with E-state index in [0.717, 1.165) is 10.9 Å². The highest BCUT2D eigenvalue weighted by atomic mass is 35.7. The maximum absolute atomic E-state index is 5.87. The zero-order chi connectivity index (χ0) is 8.97. The van der Waals surface area contributed by atoms with Gasteiger partial charge in [0.05, 0.1) is 6.61 Å². The van der Waals surface area contributed by atoms with Gasteiger partial charge in [0.1, 0.15) is 5.75 Å². The lowest BCUT2D eigenvalue weighted by atomic mass is 10.3. The van der Waals surface area contributed by atoms with Crippen LogP contribution in [0.25, 0.3) is 0 Å². The van der Waals surface area contributed by atoms with Crippen LogP contribution in [0.1, 0.15) is 6.92 Å². The fourth-order valence-electron chi connectivity index (χ4n) is 0.948.